The number of carboxylic acids is 1. The summed E-state index contributed by atoms with van der Waals surface area (Å²) in [6.45, 7) is 7.09. The van der Waals surface area contributed by atoms with Gasteiger partial charge in [-0.2, -0.15) is 0 Å². The summed E-state index contributed by atoms with van der Waals surface area (Å²) in [6.07, 6.45) is 0. The van der Waals surface area contributed by atoms with Crippen molar-refractivity contribution < 1.29 is 14.6 Å². The molecule has 0 spiro atoms. The maximum absolute atomic E-state index is 11.1. The molecule has 0 fully saturated rings. The molecule has 1 aromatic rings. The second-order valence-corrected chi connectivity index (χ2v) is 4.38. The molecule has 0 aromatic heterocycles. The Labute approximate surface area is 133 Å². The quantitative estimate of drug-likeness (QED) is 0.452. The summed E-state index contributed by atoms with van der Waals surface area (Å²) in [5.41, 5.74) is 6.37. The van der Waals surface area contributed by atoms with Gasteiger partial charge in [0.05, 0.1) is 13.2 Å². The van der Waals surface area contributed by atoms with E-state index in [1.165, 1.54) is 0 Å². The van der Waals surface area contributed by atoms with Crippen LogP contribution in [0.1, 0.15) is 19.4 Å². The second kappa shape index (κ2) is 14.5. The third-order valence-corrected chi connectivity index (χ3v) is 2.71. The first-order valence-corrected chi connectivity index (χ1v) is 7.72. The number of carboxylic acid groups (broad SMARTS) is 1. The summed E-state index contributed by atoms with van der Waals surface area (Å²) in [7, 11) is 0. The lowest BCUT2D eigenvalue weighted by molar-refractivity contribution is -0.141. The Balaban J connectivity index is 0.00000211. The molecule has 0 aliphatic rings. The van der Waals surface area contributed by atoms with Crippen LogP contribution in [0.2, 0.25) is 0 Å². The topological polar surface area (TPSA) is 96.6 Å². The van der Waals surface area contributed by atoms with Gasteiger partial charge in [0.1, 0.15) is 6.04 Å². The summed E-state index contributed by atoms with van der Waals surface area (Å²) in [6, 6.07) is 8.97. The van der Waals surface area contributed by atoms with Gasteiger partial charge in [-0.3, -0.25) is 4.79 Å². The largest absolute Gasteiger partial charge is 0.480 e. The molecule has 1 unspecified atom stereocenters. The Hall–Kier alpha value is -1.47. The molecule has 1 atom stereocenters. The number of nitrogens with one attached hydrogen (secondary N) is 2. The van der Waals surface area contributed by atoms with Crippen molar-refractivity contribution in [1.82, 2.24) is 10.6 Å². The average molecular weight is 311 g/mol. The molecule has 126 valence electrons. The van der Waals surface area contributed by atoms with Gasteiger partial charge in [0, 0.05) is 26.2 Å². The Bertz CT molecular complexity index is 374. The van der Waals surface area contributed by atoms with Gasteiger partial charge in [0.25, 0.3) is 0 Å². The maximum Gasteiger partial charge on any atom is 0.323 e. The van der Waals surface area contributed by atoms with E-state index in [9.17, 15) is 4.79 Å². The van der Waals surface area contributed by atoms with Crippen LogP contribution in [0, 0.1) is 0 Å². The van der Waals surface area contributed by atoms with Crippen LogP contribution < -0.4 is 16.4 Å². The van der Waals surface area contributed by atoms with Crippen molar-refractivity contribution in [1.29, 1.82) is 0 Å². The number of hydrogen-bond donors (Lipinski definition) is 4. The standard InChI is InChI=1S/C14H23N3O3.C2H6/c15-6-7-16-8-9-17-13(14(18)19)11-20-10-12-4-2-1-3-5-12;1-2/h1-5,13,16-17H,6-11,15H2,(H,18,19);1-2H3. The van der Waals surface area contributed by atoms with Gasteiger partial charge in [-0.1, -0.05) is 44.2 Å². The van der Waals surface area contributed by atoms with Crippen molar-refractivity contribution in [2.24, 2.45) is 5.73 Å². The minimum Gasteiger partial charge on any atom is -0.480 e. The number of benzene rings is 1. The average Bonchev–Trinajstić information content (AvgIpc) is 2.55. The Kier molecular flexibility index (Phi) is 13.5. The SMILES string of the molecule is CC.NCCNCCNC(COCc1ccccc1)C(=O)O. The zero-order valence-corrected chi connectivity index (χ0v) is 13.5. The molecule has 0 amide bonds. The van der Waals surface area contributed by atoms with E-state index < -0.39 is 12.0 Å². The summed E-state index contributed by atoms with van der Waals surface area (Å²) in [5, 5.41) is 15.1. The predicted molar refractivity (Wildman–Crippen MR) is 88.8 cm³/mol. The van der Waals surface area contributed by atoms with Gasteiger partial charge in [-0.25, -0.2) is 0 Å². The monoisotopic (exact) mass is 311 g/mol. The lowest BCUT2D eigenvalue weighted by atomic mass is 10.2. The number of nitrogens with two attached hydrogens (primary N) is 1. The van der Waals surface area contributed by atoms with Crippen LogP contribution in [0.3, 0.4) is 0 Å². The first-order valence-electron chi connectivity index (χ1n) is 7.72. The van der Waals surface area contributed by atoms with Crippen molar-refractivity contribution in [3.05, 3.63) is 35.9 Å². The molecule has 0 saturated heterocycles. The molecule has 0 aliphatic heterocycles. The van der Waals surface area contributed by atoms with Crippen molar-refractivity contribution in [2.45, 2.75) is 26.5 Å². The third-order valence-electron chi connectivity index (χ3n) is 2.71. The van der Waals surface area contributed by atoms with Gasteiger partial charge in [0.2, 0.25) is 0 Å². The molecule has 5 N–H and O–H groups in total. The molecular weight excluding hydrogens is 282 g/mol. The highest BCUT2D eigenvalue weighted by Gasteiger charge is 2.16. The molecule has 6 nitrogen and oxygen atoms in total. The summed E-state index contributed by atoms with van der Waals surface area (Å²) in [4.78, 5) is 11.1. The highest BCUT2D eigenvalue weighted by molar-refractivity contribution is 5.73. The van der Waals surface area contributed by atoms with E-state index in [2.05, 4.69) is 10.6 Å². The first kappa shape index (κ1) is 20.5. The van der Waals surface area contributed by atoms with Crippen LogP contribution in [-0.4, -0.2) is 49.9 Å². The number of carbonyl (C=O) groups is 1. The van der Waals surface area contributed by atoms with Crippen LogP contribution in [-0.2, 0) is 16.1 Å². The number of rotatable bonds is 11. The third kappa shape index (κ3) is 10.3. The molecule has 0 saturated carbocycles. The summed E-state index contributed by atoms with van der Waals surface area (Å²) >= 11 is 0. The Morgan fingerprint density at radius 2 is 1.91 bits per heavy atom. The lowest BCUT2D eigenvalue weighted by Crippen LogP contribution is -2.43. The van der Waals surface area contributed by atoms with Crippen LogP contribution >= 0.6 is 0 Å². The molecular formula is C16H29N3O3. The fourth-order valence-electron chi connectivity index (χ4n) is 1.65. The molecule has 0 radical (unpaired) electrons. The smallest absolute Gasteiger partial charge is 0.323 e. The number of aliphatic carboxylic acids is 1. The van der Waals surface area contributed by atoms with E-state index in [4.69, 9.17) is 15.6 Å². The molecule has 1 rings (SSSR count). The Morgan fingerprint density at radius 1 is 1.23 bits per heavy atom. The highest BCUT2D eigenvalue weighted by atomic mass is 16.5. The van der Waals surface area contributed by atoms with Crippen LogP contribution in [0.25, 0.3) is 0 Å². The maximum atomic E-state index is 11.1. The summed E-state index contributed by atoms with van der Waals surface area (Å²) in [5.74, 6) is -0.906. The van der Waals surface area contributed by atoms with Crippen LogP contribution in [0.4, 0.5) is 0 Å². The van der Waals surface area contributed by atoms with E-state index in [-0.39, 0.29) is 6.61 Å². The van der Waals surface area contributed by atoms with Crippen molar-refractivity contribution >= 4 is 5.97 Å². The molecule has 1 aromatic carbocycles. The van der Waals surface area contributed by atoms with Gasteiger partial charge < -0.3 is 26.2 Å². The summed E-state index contributed by atoms with van der Waals surface area (Å²) < 4.78 is 5.44. The number of ether oxygens (including phenoxy) is 1. The predicted octanol–water partition coefficient (Wildman–Crippen LogP) is 0.821. The second-order valence-electron chi connectivity index (χ2n) is 4.38. The fourth-order valence-corrected chi connectivity index (χ4v) is 1.65. The van der Waals surface area contributed by atoms with Crippen molar-refractivity contribution in [3.63, 3.8) is 0 Å². The zero-order valence-electron chi connectivity index (χ0n) is 13.5. The molecule has 6 heteroatoms. The van der Waals surface area contributed by atoms with E-state index in [1.807, 2.05) is 44.2 Å². The normalized spacial score (nSPS) is 11.4. The molecule has 22 heavy (non-hydrogen) atoms. The van der Waals surface area contributed by atoms with Crippen LogP contribution in [0.5, 0.6) is 0 Å². The zero-order chi connectivity index (χ0) is 16.6. The molecule has 0 bridgehead atoms. The van der Waals surface area contributed by atoms with Gasteiger partial charge >= 0.3 is 5.97 Å². The molecule has 0 heterocycles. The van der Waals surface area contributed by atoms with E-state index >= 15 is 0 Å². The van der Waals surface area contributed by atoms with Crippen molar-refractivity contribution in [2.75, 3.05) is 32.8 Å². The van der Waals surface area contributed by atoms with E-state index in [0.717, 1.165) is 12.1 Å². The lowest BCUT2D eigenvalue weighted by Gasteiger charge is -2.15. The number of hydrogen-bond acceptors (Lipinski definition) is 5. The minimum atomic E-state index is -0.906. The van der Waals surface area contributed by atoms with Gasteiger partial charge in [-0.15, -0.1) is 0 Å². The van der Waals surface area contributed by atoms with Crippen molar-refractivity contribution in [3.8, 4) is 0 Å². The van der Waals surface area contributed by atoms with E-state index in [0.29, 0.717) is 26.2 Å². The van der Waals surface area contributed by atoms with Gasteiger partial charge in [0.15, 0.2) is 0 Å². The fraction of sp³-hybridized carbons (Fsp3) is 0.562. The highest BCUT2D eigenvalue weighted by Crippen LogP contribution is 2.01. The van der Waals surface area contributed by atoms with Gasteiger partial charge in [-0.05, 0) is 5.56 Å². The Morgan fingerprint density at radius 3 is 2.50 bits per heavy atom. The first-order chi connectivity index (χ1) is 10.7. The van der Waals surface area contributed by atoms with E-state index in [1.54, 1.807) is 0 Å². The molecule has 0 aliphatic carbocycles. The van der Waals surface area contributed by atoms with Crippen LogP contribution in [0.15, 0.2) is 30.3 Å². The minimum absolute atomic E-state index is 0.140.